The first-order valence-electron chi connectivity index (χ1n) is 4.69. The van der Waals surface area contributed by atoms with E-state index in [0.717, 1.165) is 0 Å². The van der Waals surface area contributed by atoms with Crippen LogP contribution in [-0.2, 0) is 4.79 Å². The fraction of sp³-hybridized carbons (Fsp3) is 0.364. The molecule has 0 radical (unpaired) electrons. The molecule has 3 nitrogen and oxygen atoms in total. The largest absolute Gasteiger partial charge is 0.368 e. The number of amides is 1. The molecule has 0 saturated heterocycles. The fourth-order valence-corrected chi connectivity index (χ4v) is 1.48. The molecule has 15 heavy (non-hydrogen) atoms. The quantitative estimate of drug-likeness (QED) is 0.809. The summed E-state index contributed by atoms with van der Waals surface area (Å²) >= 11 is 0. The van der Waals surface area contributed by atoms with Gasteiger partial charge >= 0.3 is 0 Å². The van der Waals surface area contributed by atoms with Crippen LogP contribution in [0, 0.1) is 0 Å². The Morgan fingerprint density at radius 1 is 1.33 bits per heavy atom. The number of nitrogens with two attached hydrogens (primary N) is 1. The molecule has 0 aliphatic carbocycles. The maximum absolute atomic E-state index is 14.0. The Balaban J connectivity index is 2.91. The van der Waals surface area contributed by atoms with E-state index in [1.54, 1.807) is 44.4 Å². The lowest BCUT2D eigenvalue weighted by atomic mass is 10.0. The van der Waals surface area contributed by atoms with Crippen molar-refractivity contribution in [2.75, 3.05) is 14.1 Å². The van der Waals surface area contributed by atoms with Crippen LogP contribution in [0.3, 0.4) is 0 Å². The molecule has 0 spiro atoms. The van der Waals surface area contributed by atoms with Crippen LogP contribution in [0.1, 0.15) is 11.7 Å². The van der Waals surface area contributed by atoms with Crippen molar-refractivity contribution in [3.8, 4) is 0 Å². The molecule has 0 saturated carbocycles. The lowest BCUT2D eigenvalue weighted by molar-refractivity contribution is -0.124. The first-order valence-corrected chi connectivity index (χ1v) is 4.69. The molecule has 0 fully saturated rings. The minimum Gasteiger partial charge on any atom is -0.368 e. The third-order valence-corrected chi connectivity index (χ3v) is 2.24. The highest BCUT2D eigenvalue weighted by molar-refractivity contribution is 5.80. The molecule has 0 aliphatic rings. The Morgan fingerprint density at radius 2 is 1.87 bits per heavy atom. The molecule has 2 atom stereocenters. The third-order valence-electron chi connectivity index (χ3n) is 2.24. The van der Waals surface area contributed by atoms with E-state index in [9.17, 15) is 9.18 Å². The maximum atomic E-state index is 14.0. The third kappa shape index (κ3) is 2.76. The number of nitrogens with zero attached hydrogens (tertiary/aromatic N) is 1. The van der Waals surface area contributed by atoms with Gasteiger partial charge in [-0.1, -0.05) is 30.3 Å². The van der Waals surface area contributed by atoms with Crippen LogP contribution in [0.15, 0.2) is 30.3 Å². The minimum absolute atomic E-state index is 0.468. The molecule has 1 aromatic carbocycles. The van der Waals surface area contributed by atoms with E-state index in [2.05, 4.69) is 0 Å². The van der Waals surface area contributed by atoms with E-state index in [-0.39, 0.29) is 0 Å². The van der Waals surface area contributed by atoms with Gasteiger partial charge < -0.3 is 5.73 Å². The highest BCUT2D eigenvalue weighted by Crippen LogP contribution is 2.23. The molecule has 2 unspecified atom stereocenters. The zero-order valence-corrected chi connectivity index (χ0v) is 8.85. The summed E-state index contributed by atoms with van der Waals surface area (Å²) in [5.74, 6) is -0.656. The van der Waals surface area contributed by atoms with Gasteiger partial charge in [-0.05, 0) is 19.7 Å². The fourth-order valence-electron chi connectivity index (χ4n) is 1.48. The molecule has 1 rings (SSSR count). The predicted octanol–water partition coefficient (Wildman–Crippen LogP) is 1.11. The second kappa shape index (κ2) is 4.89. The molecular weight excluding hydrogens is 195 g/mol. The van der Waals surface area contributed by atoms with Crippen LogP contribution in [-0.4, -0.2) is 30.9 Å². The molecule has 82 valence electrons. The zero-order valence-electron chi connectivity index (χ0n) is 8.85. The predicted molar refractivity (Wildman–Crippen MR) is 57.0 cm³/mol. The number of hydrogen-bond donors (Lipinski definition) is 1. The van der Waals surface area contributed by atoms with E-state index in [1.165, 1.54) is 4.90 Å². The van der Waals surface area contributed by atoms with Gasteiger partial charge in [-0.3, -0.25) is 9.69 Å². The van der Waals surface area contributed by atoms with E-state index < -0.39 is 18.1 Å². The summed E-state index contributed by atoms with van der Waals surface area (Å²) < 4.78 is 14.0. The maximum Gasteiger partial charge on any atom is 0.238 e. The highest BCUT2D eigenvalue weighted by Gasteiger charge is 2.29. The minimum atomic E-state index is -1.39. The van der Waals surface area contributed by atoms with Crippen molar-refractivity contribution in [1.82, 2.24) is 4.90 Å². The number of benzene rings is 1. The number of carbonyl (C=O) groups excluding carboxylic acids is 1. The van der Waals surface area contributed by atoms with Crippen molar-refractivity contribution in [2.24, 2.45) is 5.73 Å². The molecule has 1 amide bonds. The lowest BCUT2D eigenvalue weighted by Gasteiger charge is -2.24. The average molecular weight is 210 g/mol. The molecule has 0 bridgehead atoms. The molecule has 2 N–H and O–H groups in total. The van der Waals surface area contributed by atoms with Gasteiger partial charge in [-0.15, -0.1) is 0 Å². The van der Waals surface area contributed by atoms with Crippen molar-refractivity contribution < 1.29 is 9.18 Å². The summed E-state index contributed by atoms with van der Waals surface area (Å²) in [6, 6.07) is 7.62. The van der Waals surface area contributed by atoms with Crippen molar-refractivity contribution in [3.05, 3.63) is 35.9 Å². The summed E-state index contributed by atoms with van der Waals surface area (Å²) in [7, 11) is 3.26. The van der Waals surface area contributed by atoms with Gasteiger partial charge in [-0.2, -0.15) is 0 Å². The summed E-state index contributed by atoms with van der Waals surface area (Å²) in [6.45, 7) is 0. The Bertz CT molecular complexity index is 327. The number of primary amides is 1. The monoisotopic (exact) mass is 210 g/mol. The molecule has 0 aliphatic heterocycles. The number of likely N-dealkylation sites (N-methyl/N-ethyl adjacent to an activating group) is 1. The number of alkyl halides is 1. The standard InChI is InChI=1S/C11H15FN2O/c1-14(2)10(11(13)15)9(12)8-6-4-3-5-7-8/h3-7,9-10H,1-2H3,(H2,13,15). The number of carbonyl (C=O) groups is 1. The van der Waals surface area contributed by atoms with Crippen LogP contribution < -0.4 is 5.73 Å². The molecule has 1 aromatic rings. The van der Waals surface area contributed by atoms with Gasteiger partial charge in [0, 0.05) is 0 Å². The Labute approximate surface area is 88.7 Å². The Kier molecular flexibility index (Phi) is 3.80. The van der Waals surface area contributed by atoms with Crippen molar-refractivity contribution in [3.63, 3.8) is 0 Å². The van der Waals surface area contributed by atoms with Crippen LogP contribution >= 0.6 is 0 Å². The lowest BCUT2D eigenvalue weighted by Crippen LogP contribution is -2.43. The van der Waals surface area contributed by atoms with Gasteiger partial charge in [-0.25, -0.2) is 4.39 Å². The van der Waals surface area contributed by atoms with Crippen LogP contribution in [0.5, 0.6) is 0 Å². The van der Waals surface area contributed by atoms with Crippen LogP contribution in [0.25, 0.3) is 0 Å². The van der Waals surface area contributed by atoms with Crippen molar-refractivity contribution >= 4 is 5.91 Å². The van der Waals surface area contributed by atoms with Crippen molar-refractivity contribution in [2.45, 2.75) is 12.2 Å². The first kappa shape index (κ1) is 11.7. The summed E-state index contributed by atoms with van der Waals surface area (Å²) in [5, 5.41) is 0. The van der Waals surface area contributed by atoms with Gasteiger partial charge in [0.25, 0.3) is 0 Å². The Morgan fingerprint density at radius 3 is 2.27 bits per heavy atom. The average Bonchev–Trinajstić information content (AvgIpc) is 2.18. The second-order valence-corrected chi connectivity index (χ2v) is 3.62. The molecule has 0 aromatic heterocycles. The highest BCUT2D eigenvalue weighted by atomic mass is 19.1. The van der Waals surface area contributed by atoms with Crippen molar-refractivity contribution in [1.29, 1.82) is 0 Å². The number of hydrogen-bond acceptors (Lipinski definition) is 2. The summed E-state index contributed by atoms with van der Waals surface area (Å²) in [4.78, 5) is 12.6. The van der Waals surface area contributed by atoms with Gasteiger partial charge in [0.1, 0.15) is 12.2 Å². The first-order chi connectivity index (χ1) is 7.04. The van der Waals surface area contributed by atoms with E-state index in [4.69, 9.17) is 5.73 Å². The Hall–Kier alpha value is -1.42. The zero-order chi connectivity index (χ0) is 11.4. The number of halogens is 1. The molecular formula is C11H15FN2O. The van der Waals surface area contributed by atoms with E-state index in [1.807, 2.05) is 0 Å². The van der Waals surface area contributed by atoms with E-state index >= 15 is 0 Å². The molecule has 0 heterocycles. The van der Waals surface area contributed by atoms with Gasteiger partial charge in [0.15, 0.2) is 0 Å². The normalized spacial score (nSPS) is 14.9. The number of rotatable bonds is 4. The SMILES string of the molecule is CN(C)C(C(N)=O)C(F)c1ccccc1. The summed E-state index contributed by atoms with van der Waals surface area (Å²) in [5.41, 5.74) is 5.62. The summed E-state index contributed by atoms with van der Waals surface area (Å²) in [6.07, 6.45) is -1.39. The van der Waals surface area contributed by atoms with E-state index in [0.29, 0.717) is 5.56 Å². The van der Waals surface area contributed by atoms with Gasteiger partial charge in [0.05, 0.1) is 0 Å². The van der Waals surface area contributed by atoms with Crippen LogP contribution in [0.4, 0.5) is 4.39 Å². The topological polar surface area (TPSA) is 46.3 Å². The smallest absolute Gasteiger partial charge is 0.238 e. The molecule has 4 heteroatoms. The van der Waals surface area contributed by atoms with Gasteiger partial charge in [0.2, 0.25) is 5.91 Å². The second-order valence-electron chi connectivity index (χ2n) is 3.62. The van der Waals surface area contributed by atoms with Crippen LogP contribution in [0.2, 0.25) is 0 Å².